The van der Waals surface area contributed by atoms with Crippen molar-refractivity contribution in [3.63, 3.8) is 0 Å². The Morgan fingerprint density at radius 1 is 1.25 bits per heavy atom. The van der Waals surface area contributed by atoms with E-state index < -0.39 is 0 Å². The Bertz CT molecular complexity index is 249. The van der Waals surface area contributed by atoms with E-state index in [-0.39, 0.29) is 0 Å². The van der Waals surface area contributed by atoms with Crippen molar-refractivity contribution in [1.82, 2.24) is 10.2 Å². The summed E-state index contributed by atoms with van der Waals surface area (Å²) in [7, 11) is 0. The number of nitrogens with one attached hydrogen (secondary N) is 1. The van der Waals surface area contributed by atoms with E-state index in [1.807, 2.05) is 0 Å². The monoisotopic (exact) mass is 224 g/mol. The number of piperazine rings is 1. The minimum atomic E-state index is 0.379. The first-order valence-corrected chi connectivity index (χ1v) is 7.04. The smallest absolute Gasteiger partial charge is 0.0309 e. The summed E-state index contributed by atoms with van der Waals surface area (Å²) in [6.07, 6.45) is 5.40. The lowest BCUT2D eigenvalue weighted by molar-refractivity contribution is 0.0108. The van der Waals surface area contributed by atoms with Crippen molar-refractivity contribution in [1.29, 1.82) is 0 Å². The second-order valence-electron chi connectivity index (χ2n) is 6.32. The van der Waals surface area contributed by atoms with Crippen molar-refractivity contribution in [2.75, 3.05) is 19.6 Å². The van der Waals surface area contributed by atoms with Crippen molar-refractivity contribution in [3.8, 4) is 0 Å². The number of nitrogens with zero attached hydrogens (tertiary/aromatic N) is 1. The Kier molecular flexibility index (Phi) is 3.33. The maximum Gasteiger partial charge on any atom is 0.0309 e. The number of hydrogen-bond donors (Lipinski definition) is 1. The highest BCUT2D eigenvalue weighted by atomic mass is 15.3. The molecule has 0 amide bonds. The zero-order chi connectivity index (χ0) is 11.8. The van der Waals surface area contributed by atoms with Gasteiger partial charge in [-0.15, -0.1) is 0 Å². The van der Waals surface area contributed by atoms with Gasteiger partial charge in [0.25, 0.3) is 0 Å². The third-order valence-electron chi connectivity index (χ3n) is 4.89. The molecular formula is C14H28N2. The van der Waals surface area contributed by atoms with Crippen LogP contribution >= 0.6 is 0 Å². The van der Waals surface area contributed by atoms with Crippen LogP contribution in [-0.2, 0) is 0 Å². The molecule has 0 aromatic heterocycles. The first kappa shape index (κ1) is 12.4. The van der Waals surface area contributed by atoms with E-state index in [0.29, 0.717) is 11.1 Å². The van der Waals surface area contributed by atoms with E-state index in [2.05, 4.69) is 37.9 Å². The first-order valence-electron chi connectivity index (χ1n) is 7.04. The SMILES string of the molecule is CCCN1CC(C)(C2CC2)NCC1(C)CC. The molecule has 2 aliphatic rings. The lowest BCUT2D eigenvalue weighted by Gasteiger charge is -2.52. The molecule has 16 heavy (non-hydrogen) atoms. The molecule has 0 aromatic carbocycles. The molecule has 1 saturated carbocycles. The molecule has 0 aromatic rings. The summed E-state index contributed by atoms with van der Waals surface area (Å²) in [5.41, 5.74) is 0.772. The summed E-state index contributed by atoms with van der Waals surface area (Å²) in [4.78, 5) is 2.74. The van der Waals surface area contributed by atoms with Crippen LogP contribution < -0.4 is 5.32 Å². The minimum absolute atomic E-state index is 0.379. The van der Waals surface area contributed by atoms with Crippen molar-refractivity contribution in [2.24, 2.45) is 5.92 Å². The largest absolute Gasteiger partial charge is 0.308 e. The van der Waals surface area contributed by atoms with Gasteiger partial charge in [-0.1, -0.05) is 13.8 Å². The standard InChI is InChI=1S/C14H28N2/c1-5-9-16-11-14(4,12-7-8-12)15-10-13(16,3)6-2/h12,15H,5-11H2,1-4H3. The summed E-state index contributed by atoms with van der Waals surface area (Å²) in [5, 5.41) is 3.85. The zero-order valence-corrected chi connectivity index (χ0v) is 11.5. The third-order valence-corrected chi connectivity index (χ3v) is 4.89. The lowest BCUT2D eigenvalue weighted by Crippen LogP contribution is -2.68. The Balaban J connectivity index is 2.07. The van der Waals surface area contributed by atoms with Gasteiger partial charge in [-0.2, -0.15) is 0 Å². The fourth-order valence-corrected chi connectivity index (χ4v) is 3.11. The molecule has 0 radical (unpaired) electrons. The predicted octanol–water partition coefficient (Wildman–Crippen LogP) is 2.64. The van der Waals surface area contributed by atoms with Crippen LogP contribution in [0.4, 0.5) is 0 Å². The van der Waals surface area contributed by atoms with Gasteiger partial charge in [0, 0.05) is 24.2 Å². The van der Waals surface area contributed by atoms with Crippen molar-refractivity contribution < 1.29 is 0 Å². The Morgan fingerprint density at radius 2 is 1.94 bits per heavy atom. The van der Waals surface area contributed by atoms with Crippen molar-refractivity contribution in [2.45, 2.75) is 64.5 Å². The normalized spacial score (nSPS) is 41.2. The number of hydrogen-bond acceptors (Lipinski definition) is 2. The van der Waals surface area contributed by atoms with Gasteiger partial charge in [0.2, 0.25) is 0 Å². The van der Waals surface area contributed by atoms with Crippen LogP contribution in [0.1, 0.15) is 53.4 Å². The quantitative estimate of drug-likeness (QED) is 0.790. The summed E-state index contributed by atoms with van der Waals surface area (Å²) >= 11 is 0. The lowest BCUT2D eigenvalue weighted by atomic mass is 9.84. The highest BCUT2D eigenvalue weighted by Gasteiger charge is 2.48. The molecule has 1 aliphatic carbocycles. The van der Waals surface area contributed by atoms with Gasteiger partial charge in [-0.3, -0.25) is 4.90 Å². The average Bonchev–Trinajstić information content (AvgIpc) is 3.08. The maximum absolute atomic E-state index is 3.85. The fraction of sp³-hybridized carbons (Fsp3) is 1.00. The summed E-state index contributed by atoms with van der Waals surface area (Å²) < 4.78 is 0. The van der Waals surface area contributed by atoms with E-state index >= 15 is 0 Å². The second-order valence-corrected chi connectivity index (χ2v) is 6.32. The summed E-state index contributed by atoms with van der Waals surface area (Å²) in [5.74, 6) is 0.938. The molecule has 0 bridgehead atoms. The van der Waals surface area contributed by atoms with Gasteiger partial charge < -0.3 is 5.32 Å². The predicted molar refractivity (Wildman–Crippen MR) is 69.7 cm³/mol. The van der Waals surface area contributed by atoms with Crippen LogP contribution in [0.2, 0.25) is 0 Å². The zero-order valence-electron chi connectivity index (χ0n) is 11.5. The Labute approximate surface area is 101 Å². The van der Waals surface area contributed by atoms with Crippen LogP contribution in [0, 0.1) is 5.92 Å². The van der Waals surface area contributed by atoms with Gasteiger partial charge >= 0.3 is 0 Å². The molecule has 2 rings (SSSR count). The molecule has 2 fully saturated rings. The molecule has 2 atom stereocenters. The molecule has 2 unspecified atom stereocenters. The van der Waals surface area contributed by atoms with Crippen LogP contribution in [0.15, 0.2) is 0 Å². The molecule has 0 spiro atoms. The van der Waals surface area contributed by atoms with Crippen LogP contribution in [0.5, 0.6) is 0 Å². The highest BCUT2D eigenvalue weighted by Crippen LogP contribution is 2.42. The Morgan fingerprint density at radius 3 is 2.44 bits per heavy atom. The summed E-state index contributed by atoms with van der Waals surface area (Å²) in [6.45, 7) is 13.1. The van der Waals surface area contributed by atoms with Crippen molar-refractivity contribution in [3.05, 3.63) is 0 Å². The van der Waals surface area contributed by atoms with E-state index in [1.165, 1.54) is 38.8 Å². The molecular weight excluding hydrogens is 196 g/mol. The molecule has 1 saturated heterocycles. The highest BCUT2D eigenvalue weighted by molar-refractivity contribution is 5.07. The molecule has 2 heteroatoms. The van der Waals surface area contributed by atoms with Crippen molar-refractivity contribution >= 4 is 0 Å². The molecule has 1 heterocycles. The first-order chi connectivity index (χ1) is 7.54. The van der Waals surface area contributed by atoms with Gasteiger partial charge in [-0.05, 0) is 52.0 Å². The topological polar surface area (TPSA) is 15.3 Å². The molecule has 1 aliphatic heterocycles. The average molecular weight is 224 g/mol. The van der Waals surface area contributed by atoms with Crippen LogP contribution in [-0.4, -0.2) is 35.6 Å². The summed E-state index contributed by atoms with van der Waals surface area (Å²) in [6, 6.07) is 0. The molecule has 1 N–H and O–H groups in total. The third kappa shape index (κ3) is 2.14. The fourth-order valence-electron chi connectivity index (χ4n) is 3.11. The van der Waals surface area contributed by atoms with Crippen LogP contribution in [0.3, 0.4) is 0 Å². The van der Waals surface area contributed by atoms with Crippen LogP contribution in [0.25, 0.3) is 0 Å². The molecule has 2 nitrogen and oxygen atoms in total. The van der Waals surface area contributed by atoms with E-state index in [4.69, 9.17) is 0 Å². The molecule has 94 valence electrons. The van der Waals surface area contributed by atoms with Gasteiger partial charge in [-0.25, -0.2) is 0 Å². The van der Waals surface area contributed by atoms with E-state index in [9.17, 15) is 0 Å². The maximum atomic E-state index is 3.85. The number of rotatable bonds is 4. The Hall–Kier alpha value is -0.0800. The van der Waals surface area contributed by atoms with Gasteiger partial charge in [0.1, 0.15) is 0 Å². The van der Waals surface area contributed by atoms with Gasteiger partial charge in [0.15, 0.2) is 0 Å². The van der Waals surface area contributed by atoms with Gasteiger partial charge in [0.05, 0.1) is 0 Å². The van der Waals surface area contributed by atoms with E-state index in [0.717, 1.165) is 12.5 Å². The second kappa shape index (κ2) is 4.30. The van der Waals surface area contributed by atoms with E-state index in [1.54, 1.807) is 0 Å². The minimum Gasteiger partial charge on any atom is -0.308 e.